The van der Waals surface area contributed by atoms with Crippen LogP contribution in [-0.4, -0.2) is 165 Å². The van der Waals surface area contributed by atoms with Crippen molar-refractivity contribution in [1.82, 2.24) is 42.1 Å². The maximum atomic E-state index is 14.0. The SMILES string of the molecule is CC[C@H](C)[C@H](NC(=O)[C@H](Cc1ccc(O)cc1)NC(=O)[C@@H](N)CS)C(=O)N[C@@H](CCC(N)=O)C(=O)N[C@@H](CC(N)=O)C(=O)N[C@@H](CS)C(=O)N1CCC[C@H]1C(=O)N[C@@H](CC(C)C)C(=O)NCC(N)=O.O=C(O)C(F)(F)F. The highest BCUT2D eigenvalue weighted by Gasteiger charge is 2.41. The molecule has 17 N–H and O–H groups in total. The van der Waals surface area contributed by atoms with Gasteiger partial charge in [-0.3, -0.25) is 52.7 Å². The number of halogens is 3. The highest BCUT2D eigenvalue weighted by atomic mass is 32.1. The standard InChI is InChI=1S/C43H68N12O12S2.C2HF3O2/c1-5-22(4)35(54-40(64)28(50-36(60)25(44)19-68)16-23-8-10-24(56)11-9-23)42(66)49-26(12-13-32(45)57)38(62)51-29(17-33(46)58)39(63)53-30(20-69)43(67)55-14-6-7-31(55)41(65)52-27(15-21(2)3)37(61)48-18-34(47)59;3-2(4,5)1(6)7/h8-11,21-22,25-31,35,56,68-69H,5-7,12-20,44H2,1-4H3,(H2,45,57)(H2,46,58)(H2,47,59)(H,48,61)(H,49,66)(H,50,60)(H,51,62)(H,52,65)(H,53,63)(H,54,64);(H,6,7)/t22-,25-,26-,27-,28-,29-,30-,31-,35-;/m0./s1. The van der Waals surface area contributed by atoms with Gasteiger partial charge in [0.25, 0.3) is 0 Å². The van der Waals surface area contributed by atoms with Gasteiger partial charge in [-0.05, 0) is 55.2 Å². The number of carboxylic acids is 1. The fraction of sp³-hybridized carbons (Fsp3) is 0.600. The van der Waals surface area contributed by atoms with Crippen LogP contribution in [0, 0.1) is 11.8 Å². The van der Waals surface area contributed by atoms with Gasteiger partial charge in [-0.2, -0.15) is 38.4 Å². The Labute approximate surface area is 446 Å². The molecule has 2 rings (SSSR count). The van der Waals surface area contributed by atoms with Crippen molar-refractivity contribution in [2.75, 3.05) is 24.6 Å². The highest BCUT2D eigenvalue weighted by molar-refractivity contribution is 7.80. The number of benzene rings is 1. The first-order chi connectivity index (χ1) is 35.4. The van der Waals surface area contributed by atoms with Crippen LogP contribution in [0.3, 0.4) is 0 Å². The van der Waals surface area contributed by atoms with Gasteiger partial charge in [0.1, 0.15) is 48.0 Å². The summed E-state index contributed by atoms with van der Waals surface area (Å²) in [7, 11) is 0. The fourth-order valence-corrected chi connectivity index (χ4v) is 7.54. The van der Waals surface area contributed by atoms with Gasteiger partial charge in [0, 0.05) is 30.9 Å². The lowest BCUT2D eigenvalue weighted by molar-refractivity contribution is -0.192. The maximum Gasteiger partial charge on any atom is 0.490 e. The Morgan fingerprint density at radius 3 is 1.75 bits per heavy atom. The van der Waals surface area contributed by atoms with E-state index in [0.29, 0.717) is 18.4 Å². The van der Waals surface area contributed by atoms with Crippen LogP contribution in [0.4, 0.5) is 13.2 Å². The number of phenolic OH excluding ortho intramolecular Hbond substituents is 1. The van der Waals surface area contributed by atoms with Crippen LogP contribution >= 0.6 is 25.3 Å². The number of amides is 11. The summed E-state index contributed by atoms with van der Waals surface area (Å²) in [6.07, 6.45) is -5.76. The van der Waals surface area contributed by atoms with Crippen molar-refractivity contribution in [1.29, 1.82) is 0 Å². The molecule has 0 bridgehead atoms. The van der Waals surface area contributed by atoms with Gasteiger partial charge in [0.2, 0.25) is 65.0 Å². The third-order valence-corrected chi connectivity index (χ3v) is 12.1. The number of hydrogen-bond acceptors (Lipinski definition) is 16. The third-order valence-electron chi connectivity index (χ3n) is 11.3. The van der Waals surface area contributed by atoms with Gasteiger partial charge in [-0.15, -0.1) is 0 Å². The van der Waals surface area contributed by atoms with E-state index in [0.717, 1.165) is 0 Å². The van der Waals surface area contributed by atoms with Gasteiger partial charge in [-0.1, -0.05) is 46.2 Å². The summed E-state index contributed by atoms with van der Waals surface area (Å²) >= 11 is 8.28. The zero-order valence-electron chi connectivity index (χ0n) is 42.1. The minimum absolute atomic E-state index is 0.0424. The van der Waals surface area contributed by atoms with Gasteiger partial charge in [0.05, 0.1) is 19.0 Å². The molecule has 0 spiro atoms. The van der Waals surface area contributed by atoms with E-state index >= 15 is 0 Å². The molecule has 1 aromatic rings. The van der Waals surface area contributed by atoms with Crippen LogP contribution in [-0.2, 0) is 64.0 Å². The maximum absolute atomic E-state index is 14.0. The average molecular weight is 1120 g/mol. The summed E-state index contributed by atoms with van der Waals surface area (Å²) in [6, 6.07) is -4.84. The monoisotopic (exact) mass is 1120 g/mol. The summed E-state index contributed by atoms with van der Waals surface area (Å²) < 4.78 is 31.7. The number of nitrogens with two attached hydrogens (primary N) is 4. The van der Waals surface area contributed by atoms with Gasteiger partial charge in [-0.25, -0.2) is 4.79 Å². The molecule has 1 aromatic carbocycles. The van der Waals surface area contributed by atoms with Crippen LogP contribution < -0.4 is 60.2 Å². The highest BCUT2D eigenvalue weighted by Crippen LogP contribution is 2.21. The Morgan fingerprint density at radius 2 is 1.25 bits per heavy atom. The van der Waals surface area contributed by atoms with E-state index < -0.39 is 157 Å². The molecular formula is C45H69F3N12O14S2. The lowest BCUT2D eigenvalue weighted by Gasteiger charge is -2.30. The van der Waals surface area contributed by atoms with Gasteiger partial charge >= 0.3 is 12.1 Å². The van der Waals surface area contributed by atoms with Crippen LogP contribution in [0.1, 0.15) is 78.2 Å². The molecule has 0 saturated carbocycles. The second-order valence-corrected chi connectivity index (χ2v) is 18.7. The molecule has 31 heteroatoms. The molecule has 426 valence electrons. The smallest absolute Gasteiger partial charge is 0.490 e. The van der Waals surface area contributed by atoms with Crippen molar-refractivity contribution in [2.45, 2.75) is 134 Å². The number of hydrogen-bond donors (Lipinski definition) is 15. The molecule has 1 fully saturated rings. The molecular weight excluding hydrogens is 1050 g/mol. The molecule has 0 radical (unpaired) electrons. The number of carboxylic acid groups (broad SMARTS) is 1. The van der Waals surface area contributed by atoms with Crippen LogP contribution in [0.2, 0.25) is 0 Å². The molecule has 9 atom stereocenters. The Balaban J connectivity index is 0.00000383. The van der Waals surface area contributed by atoms with E-state index in [9.17, 15) is 71.0 Å². The number of carbonyl (C=O) groups excluding carboxylic acids is 11. The normalized spacial score (nSPS) is 16.2. The van der Waals surface area contributed by atoms with E-state index in [2.05, 4.69) is 62.5 Å². The number of nitrogens with one attached hydrogen (secondary N) is 7. The number of thiol groups is 2. The number of likely N-dealkylation sites (tertiary alicyclic amines) is 1. The molecule has 76 heavy (non-hydrogen) atoms. The number of nitrogens with zero attached hydrogens (tertiary/aromatic N) is 1. The summed E-state index contributed by atoms with van der Waals surface area (Å²) in [5.74, 6) is -13.2. The number of aromatic hydroxyl groups is 1. The van der Waals surface area contributed by atoms with Crippen LogP contribution in [0.15, 0.2) is 24.3 Å². The molecule has 0 unspecified atom stereocenters. The molecule has 26 nitrogen and oxygen atoms in total. The first kappa shape index (κ1) is 67.1. The quantitative estimate of drug-likeness (QED) is 0.0346. The number of carbonyl (C=O) groups is 12. The fourth-order valence-electron chi connectivity index (χ4n) is 7.12. The number of aliphatic carboxylic acids is 1. The van der Waals surface area contributed by atoms with Crippen molar-refractivity contribution in [3.63, 3.8) is 0 Å². The minimum atomic E-state index is -5.08. The number of rotatable bonds is 29. The van der Waals surface area contributed by atoms with Crippen LogP contribution in [0.25, 0.3) is 0 Å². The first-order valence-electron chi connectivity index (χ1n) is 23.7. The third kappa shape index (κ3) is 23.8. The Morgan fingerprint density at radius 1 is 0.711 bits per heavy atom. The predicted octanol–water partition coefficient (Wildman–Crippen LogP) is -3.51. The lowest BCUT2D eigenvalue weighted by atomic mass is 9.96. The number of primary amides is 3. The van der Waals surface area contributed by atoms with Gasteiger partial charge < -0.3 is 75.3 Å². The largest absolute Gasteiger partial charge is 0.508 e. The van der Waals surface area contributed by atoms with Crippen molar-refractivity contribution >= 4 is 96.2 Å². The first-order valence-corrected chi connectivity index (χ1v) is 24.9. The van der Waals surface area contributed by atoms with Crippen molar-refractivity contribution in [3.05, 3.63) is 29.8 Å². The minimum Gasteiger partial charge on any atom is -0.508 e. The molecule has 0 aromatic heterocycles. The Hall–Kier alpha value is -6.89. The Bertz CT molecular complexity index is 2230. The molecule has 11 amide bonds. The summed E-state index contributed by atoms with van der Waals surface area (Å²) in [4.78, 5) is 154. The summed E-state index contributed by atoms with van der Waals surface area (Å²) in [5.41, 5.74) is 22.4. The molecule has 1 heterocycles. The second-order valence-electron chi connectivity index (χ2n) is 18.0. The average Bonchev–Trinajstić information content (AvgIpc) is 3.84. The van der Waals surface area contributed by atoms with Crippen molar-refractivity contribution in [2.24, 2.45) is 34.8 Å². The van der Waals surface area contributed by atoms with E-state index in [4.69, 9.17) is 32.8 Å². The zero-order chi connectivity index (χ0) is 58.2. The topological polar surface area (TPSA) is 437 Å². The number of alkyl halides is 3. The predicted molar refractivity (Wildman–Crippen MR) is 271 cm³/mol. The van der Waals surface area contributed by atoms with Crippen LogP contribution in [0.5, 0.6) is 5.75 Å². The van der Waals surface area contributed by atoms with E-state index in [1.165, 1.54) is 29.2 Å². The summed E-state index contributed by atoms with van der Waals surface area (Å²) in [6.45, 7) is 6.61. The second kappa shape index (κ2) is 32.5. The van der Waals surface area contributed by atoms with E-state index in [1.54, 1.807) is 13.8 Å². The zero-order valence-corrected chi connectivity index (χ0v) is 43.9. The molecule has 1 aliphatic heterocycles. The molecule has 1 saturated heterocycles. The lowest BCUT2D eigenvalue weighted by Crippen LogP contribution is -2.61. The Kier molecular flexibility index (Phi) is 28.7. The summed E-state index contributed by atoms with van der Waals surface area (Å²) in [5, 5.41) is 34.4. The molecule has 0 aliphatic carbocycles. The van der Waals surface area contributed by atoms with Gasteiger partial charge in [0.15, 0.2) is 0 Å². The van der Waals surface area contributed by atoms with Crippen molar-refractivity contribution < 1.29 is 80.9 Å². The number of phenols is 1. The van der Waals surface area contributed by atoms with Crippen molar-refractivity contribution in [3.8, 4) is 5.75 Å². The van der Waals surface area contributed by atoms with E-state index in [-0.39, 0.29) is 49.0 Å². The molecule has 1 aliphatic rings. The van der Waals surface area contributed by atoms with E-state index in [1.807, 2.05) is 13.8 Å².